The molecule has 2 aromatic carbocycles. The topological polar surface area (TPSA) is 116 Å². The fraction of sp³-hybridized carbons (Fsp3) is 0.0833. The molecule has 0 saturated heterocycles. The number of fused-ring (bicyclic) bond motifs is 2. The standard InChI is InChI=1S/C24H21F2N9.H2/c25-18-8-7-15(10-19(18)26)14-35-21-6-2-1-5-20(21)31-22(33-34-27)17-13-30-24(32-23(17)35)29-12-16-4-3-9-28-11-16;/h1-11,13,34H,12,14,27H2,(H,31,33)(H,29,30,32);1H. The zero-order valence-electron chi connectivity index (χ0n) is 18.4. The average molecular weight is 476 g/mol. The van der Waals surface area contributed by atoms with Crippen LogP contribution in [0.4, 0.5) is 31.9 Å². The number of rotatable bonds is 6. The van der Waals surface area contributed by atoms with Gasteiger partial charge in [0.05, 0.1) is 16.9 Å². The van der Waals surface area contributed by atoms with Crippen LogP contribution in [0.25, 0.3) is 0 Å². The summed E-state index contributed by atoms with van der Waals surface area (Å²) in [7, 11) is 0. The quantitative estimate of drug-likeness (QED) is 0.246. The van der Waals surface area contributed by atoms with Gasteiger partial charge in [-0.2, -0.15) is 10.5 Å². The molecule has 1 aliphatic heterocycles. The minimum Gasteiger partial charge on any atom is -0.350 e. The van der Waals surface area contributed by atoms with Crippen LogP contribution in [-0.2, 0) is 13.1 Å². The van der Waals surface area contributed by atoms with Gasteiger partial charge in [0.2, 0.25) is 5.95 Å². The minimum absolute atomic E-state index is 0. The van der Waals surface area contributed by atoms with Gasteiger partial charge in [0, 0.05) is 33.1 Å². The van der Waals surface area contributed by atoms with Crippen LogP contribution in [0, 0.1) is 11.6 Å². The van der Waals surface area contributed by atoms with Crippen LogP contribution in [0.15, 0.2) is 78.2 Å². The highest BCUT2D eigenvalue weighted by molar-refractivity contribution is 6.07. The number of aliphatic imine (C=N–C) groups is 1. The highest BCUT2D eigenvalue weighted by Crippen LogP contribution is 2.39. The van der Waals surface area contributed by atoms with E-state index in [0.29, 0.717) is 41.0 Å². The molecule has 3 heterocycles. The van der Waals surface area contributed by atoms with Crippen LogP contribution in [0.5, 0.6) is 0 Å². The molecule has 5 N–H and O–H groups in total. The van der Waals surface area contributed by atoms with Gasteiger partial charge in [-0.05, 0) is 41.5 Å². The van der Waals surface area contributed by atoms with E-state index in [1.165, 1.54) is 12.1 Å². The smallest absolute Gasteiger partial charge is 0.224 e. The summed E-state index contributed by atoms with van der Waals surface area (Å²) in [4.78, 5) is 19.9. The van der Waals surface area contributed by atoms with Gasteiger partial charge in [-0.25, -0.2) is 18.8 Å². The first kappa shape index (κ1) is 22.3. The van der Waals surface area contributed by atoms with E-state index in [2.05, 4.69) is 26.2 Å². The maximum Gasteiger partial charge on any atom is 0.224 e. The van der Waals surface area contributed by atoms with Crippen molar-refractivity contribution in [3.05, 3.63) is 102 Å². The van der Waals surface area contributed by atoms with Crippen LogP contribution >= 0.6 is 0 Å². The number of nitrogens with zero attached hydrogens (tertiary/aromatic N) is 5. The fourth-order valence-electron chi connectivity index (χ4n) is 3.74. The molecule has 0 unspecified atom stereocenters. The van der Waals surface area contributed by atoms with Crippen LogP contribution in [0.3, 0.4) is 0 Å². The number of benzene rings is 2. The molecule has 5 rings (SSSR count). The largest absolute Gasteiger partial charge is 0.350 e. The molecule has 0 fully saturated rings. The van der Waals surface area contributed by atoms with Crippen molar-refractivity contribution in [1.82, 2.24) is 25.9 Å². The Bertz CT molecular complexity index is 1390. The predicted octanol–water partition coefficient (Wildman–Crippen LogP) is 3.71. The Morgan fingerprint density at radius 3 is 2.66 bits per heavy atom. The molecule has 1 aliphatic rings. The number of nitrogens with two attached hydrogens (primary N) is 1. The van der Waals surface area contributed by atoms with Gasteiger partial charge >= 0.3 is 0 Å². The number of amidine groups is 1. The van der Waals surface area contributed by atoms with E-state index in [1.54, 1.807) is 18.6 Å². The molecule has 0 saturated carbocycles. The number of halogens is 2. The lowest BCUT2D eigenvalue weighted by molar-refractivity contribution is 0.507. The molecule has 0 bridgehead atoms. The number of aromatic nitrogens is 3. The van der Waals surface area contributed by atoms with E-state index in [0.717, 1.165) is 17.3 Å². The van der Waals surface area contributed by atoms with E-state index < -0.39 is 11.6 Å². The Hall–Kier alpha value is -4.48. The van der Waals surface area contributed by atoms with Crippen LogP contribution in [0.2, 0.25) is 0 Å². The monoisotopic (exact) mass is 475 g/mol. The summed E-state index contributed by atoms with van der Waals surface area (Å²) in [5.74, 6) is 4.99. The normalized spacial score (nSPS) is 12.3. The van der Waals surface area contributed by atoms with Crippen molar-refractivity contribution in [3.63, 3.8) is 0 Å². The zero-order chi connectivity index (χ0) is 24.2. The average Bonchev–Trinajstić information content (AvgIpc) is 3.00. The van der Waals surface area contributed by atoms with Gasteiger partial charge in [0.25, 0.3) is 0 Å². The number of pyridine rings is 1. The van der Waals surface area contributed by atoms with Gasteiger partial charge in [0.1, 0.15) is 5.82 Å². The van der Waals surface area contributed by atoms with E-state index in [-0.39, 0.29) is 7.97 Å². The molecule has 0 amide bonds. The maximum absolute atomic E-state index is 14.0. The van der Waals surface area contributed by atoms with Crippen molar-refractivity contribution in [2.45, 2.75) is 13.1 Å². The Balaban J connectivity index is 0.00000304. The number of hydrogen-bond acceptors (Lipinski definition) is 9. The number of hydrogen-bond donors (Lipinski definition) is 4. The van der Waals surface area contributed by atoms with Gasteiger partial charge < -0.3 is 10.2 Å². The highest BCUT2D eigenvalue weighted by Gasteiger charge is 2.26. The highest BCUT2D eigenvalue weighted by atomic mass is 19.2. The van der Waals surface area contributed by atoms with Crippen molar-refractivity contribution in [2.75, 3.05) is 10.2 Å². The SMILES string of the molecule is NNNC1=Nc2ccccc2N(Cc2ccc(F)c(F)c2)c2nc(NCc3cccnc3)ncc21.[HH]. The molecular weight excluding hydrogens is 452 g/mol. The molecule has 11 heteroatoms. The maximum atomic E-state index is 14.0. The van der Waals surface area contributed by atoms with Crippen molar-refractivity contribution in [1.29, 1.82) is 0 Å². The van der Waals surface area contributed by atoms with Crippen LogP contribution < -0.4 is 27.0 Å². The second kappa shape index (κ2) is 9.79. The van der Waals surface area contributed by atoms with Crippen LogP contribution in [-0.4, -0.2) is 20.8 Å². The van der Waals surface area contributed by atoms with E-state index >= 15 is 0 Å². The third kappa shape index (κ3) is 4.76. The van der Waals surface area contributed by atoms with Gasteiger partial charge in [-0.15, -0.1) is 0 Å². The lowest BCUT2D eigenvalue weighted by Crippen LogP contribution is -2.43. The molecular formula is C24H23F2N9. The summed E-state index contributed by atoms with van der Waals surface area (Å²) in [6, 6.07) is 15.1. The van der Waals surface area contributed by atoms with Crippen molar-refractivity contribution in [2.24, 2.45) is 10.8 Å². The van der Waals surface area contributed by atoms with Gasteiger partial charge in [-0.1, -0.05) is 24.3 Å². The Morgan fingerprint density at radius 2 is 1.86 bits per heavy atom. The predicted molar refractivity (Wildman–Crippen MR) is 131 cm³/mol. The second-order valence-electron chi connectivity index (χ2n) is 7.70. The number of hydrazine groups is 2. The number of para-hydroxylation sites is 2. The molecule has 4 aromatic rings. The second-order valence-corrected chi connectivity index (χ2v) is 7.70. The summed E-state index contributed by atoms with van der Waals surface area (Å²) < 4.78 is 27.6. The summed E-state index contributed by atoms with van der Waals surface area (Å²) >= 11 is 0. The van der Waals surface area contributed by atoms with Gasteiger partial charge in [-0.3, -0.25) is 16.3 Å². The van der Waals surface area contributed by atoms with E-state index in [1.807, 2.05) is 41.3 Å². The number of nitrogens with one attached hydrogen (secondary N) is 3. The number of anilines is 3. The van der Waals surface area contributed by atoms with Crippen molar-refractivity contribution in [3.8, 4) is 0 Å². The first-order chi connectivity index (χ1) is 17.1. The summed E-state index contributed by atoms with van der Waals surface area (Å²) in [5, 5.41) is 3.20. The van der Waals surface area contributed by atoms with Crippen molar-refractivity contribution < 1.29 is 10.2 Å². The molecule has 0 atom stereocenters. The van der Waals surface area contributed by atoms with Crippen molar-refractivity contribution >= 4 is 29.0 Å². The Morgan fingerprint density at radius 1 is 0.971 bits per heavy atom. The first-order valence-electron chi connectivity index (χ1n) is 10.7. The third-order valence-corrected chi connectivity index (χ3v) is 5.37. The molecule has 178 valence electrons. The van der Waals surface area contributed by atoms with E-state index in [9.17, 15) is 8.78 Å². The Kier molecular flexibility index (Phi) is 6.24. The Labute approximate surface area is 201 Å². The first-order valence-corrected chi connectivity index (χ1v) is 10.7. The molecule has 2 aromatic heterocycles. The molecule has 9 nitrogen and oxygen atoms in total. The molecule has 35 heavy (non-hydrogen) atoms. The molecule has 0 radical (unpaired) electrons. The lowest BCUT2D eigenvalue weighted by atomic mass is 10.1. The molecule has 0 aliphatic carbocycles. The summed E-state index contributed by atoms with van der Waals surface area (Å²) in [6.07, 6.45) is 5.08. The fourth-order valence-corrected chi connectivity index (χ4v) is 3.74. The van der Waals surface area contributed by atoms with Gasteiger partial charge in [0.15, 0.2) is 17.5 Å². The third-order valence-electron chi connectivity index (χ3n) is 5.37. The van der Waals surface area contributed by atoms with E-state index in [4.69, 9.17) is 15.8 Å². The summed E-state index contributed by atoms with van der Waals surface area (Å²) in [5.41, 5.74) is 8.69. The lowest BCUT2D eigenvalue weighted by Gasteiger charge is -2.26. The molecule has 0 spiro atoms. The zero-order valence-corrected chi connectivity index (χ0v) is 18.4. The summed E-state index contributed by atoms with van der Waals surface area (Å²) in [6.45, 7) is 0.676. The minimum atomic E-state index is -0.918. The van der Waals surface area contributed by atoms with Crippen LogP contribution in [0.1, 0.15) is 18.1 Å².